The van der Waals surface area contributed by atoms with E-state index in [2.05, 4.69) is 18.0 Å². The van der Waals surface area contributed by atoms with E-state index in [-0.39, 0.29) is 6.04 Å². The van der Waals surface area contributed by atoms with E-state index in [4.69, 9.17) is 5.73 Å². The lowest BCUT2D eigenvalue weighted by Crippen LogP contribution is -2.10. The second-order valence-corrected chi connectivity index (χ2v) is 4.90. The van der Waals surface area contributed by atoms with Crippen molar-refractivity contribution in [2.75, 3.05) is 0 Å². The molecule has 1 aromatic heterocycles. The quantitative estimate of drug-likeness (QED) is 0.686. The van der Waals surface area contributed by atoms with Crippen LogP contribution in [0.5, 0.6) is 0 Å². The highest BCUT2D eigenvalue weighted by atomic mass is 14.7. The first-order chi connectivity index (χ1) is 8.24. The Morgan fingerprint density at radius 1 is 1.12 bits per heavy atom. The van der Waals surface area contributed by atoms with Crippen molar-refractivity contribution in [3.8, 4) is 0 Å². The first-order valence-electron chi connectivity index (χ1n) is 6.92. The third-order valence-electron chi connectivity index (χ3n) is 3.23. The highest BCUT2D eigenvalue weighted by Crippen LogP contribution is 2.17. The first-order valence-corrected chi connectivity index (χ1v) is 6.92. The van der Waals surface area contributed by atoms with Crippen molar-refractivity contribution in [2.24, 2.45) is 5.73 Å². The molecule has 1 rings (SSSR count). The molecule has 2 heteroatoms. The van der Waals surface area contributed by atoms with Crippen LogP contribution in [0.3, 0.4) is 0 Å². The van der Waals surface area contributed by atoms with E-state index in [0.29, 0.717) is 0 Å². The Labute approximate surface area is 106 Å². The summed E-state index contributed by atoms with van der Waals surface area (Å²) in [6.45, 7) is 4.25. The predicted molar refractivity (Wildman–Crippen MR) is 73.9 cm³/mol. The van der Waals surface area contributed by atoms with Crippen LogP contribution in [-0.2, 0) is 0 Å². The van der Waals surface area contributed by atoms with Gasteiger partial charge in [0.2, 0.25) is 0 Å². The Bertz CT molecular complexity index is 292. The maximum Gasteiger partial charge on any atom is 0.0372 e. The summed E-state index contributed by atoms with van der Waals surface area (Å²) in [5.74, 6) is 0. The summed E-state index contributed by atoms with van der Waals surface area (Å²) < 4.78 is 0. The van der Waals surface area contributed by atoms with Crippen LogP contribution < -0.4 is 5.73 Å². The number of unbranched alkanes of at least 4 members (excludes halogenated alkanes) is 5. The lowest BCUT2D eigenvalue weighted by molar-refractivity contribution is 0.546. The molecular weight excluding hydrogens is 208 g/mol. The van der Waals surface area contributed by atoms with Gasteiger partial charge in [0.25, 0.3) is 0 Å². The van der Waals surface area contributed by atoms with Gasteiger partial charge < -0.3 is 5.73 Å². The SMILES string of the molecule is CCCCCCCCC(N)c1ccc(C)nc1. The lowest BCUT2D eigenvalue weighted by atomic mass is 10.0. The molecule has 0 saturated carbocycles. The number of rotatable bonds is 8. The Morgan fingerprint density at radius 3 is 2.47 bits per heavy atom. The van der Waals surface area contributed by atoms with Gasteiger partial charge in [-0.3, -0.25) is 4.98 Å². The van der Waals surface area contributed by atoms with Gasteiger partial charge in [0, 0.05) is 17.9 Å². The zero-order chi connectivity index (χ0) is 12.5. The third-order valence-corrected chi connectivity index (χ3v) is 3.23. The fourth-order valence-electron chi connectivity index (χ4n) is 2.01. The van der Waals surface area contributed by atoms with Crippen LogP contribution in [0.25, 0.3) is 0 Å². The molecule has 96 valence electrons. The molecule has 0 amide bonds. The maximum atomic E-state index is 6.15. The Kier molecular flexibility index (Phi) is 6.87. The highest BCUT2D eigenvalue weighted by molar-refractivity contribution is 5.16. The van der Waals surface area contributed by atoms with Crippen LogP contribution in [0.4, 0.5) is 0 Å². The monoisotopic (exact) mass is 234 g/mol. The first kappa shape index (κ1) is 14.2. The molecule has 0 aliphatic carbocycles. The molecule has 0 saturated heterocycles. The number of aromatic nitrogens is 1. The maximum absolute atomic E-state index is 6.15. The van der Waals surface area contributed by atoms with Crippen LogP contribution in [0, 0.1) is 6.92 Å². The molecule has 0 bridgehead atoms. The van der Waals surface area contributed by atoms with E-state index in [1.165, 1.54) is 44.1 Å². The fourth-order valence-corrected chi connectivity index (χ4v) is 2.01. The average Bonchev–Trinajstić information content (AvgIpc) is 2.34. The molecule has 2 nitrogen and oxygen atoms in total. The number of nitrogens with zero attached hydrogens (tertiary/aromatic N) is 1. The molecule has 0 spiro atoms. The summed E-state index contributed by atoms with van der Waals surface area (Å²) in [7, 11) is 0. The summed E-state index contributed by atoms with van der Waals surface area (Å²) in [6.07, 6.45) is 11.0. The van der Waals surface area contributed by atoms with Crippen molar-refractivity contribution >= 4 is 0 Å². The van der Waals surface area contributed by atoms with Crippen LogP contribution in [0.15, 0.2) is 18.3 Å². The molecule has 17 heavy (non-hydrogen) atoms. The van der Waals surface area contributed by atoms with E-state index in [0.717, 1.165) is 12.1 Å². The molecule has 0 fully saturated rings. The van der Waals surface area contributed by atoms with Crippen LogP contribution in [0.1, 0.15) is 69.2 Å². The normalized spacial score (nSPS) is 12.6. The second kappa shape index (κ2) is 8.24. The van der Waals surface area contributed by atoms with Gasteiger partial charge in [-0.05, 0) is 25.0 Å². The van der Waals surface area contributed by atoms with E-state index >= 15 is 0 Å². The number of hydrogen-bond acceptors (Lipinski definition) is 2. The largest absolute Gasteiger partial charge is 0.324 e. The van der Waals surface area contributed by atoms with Crippen molar-refractivity contribution in [1.82, 2.24) is 4.98 Å². The van der Waals surface area contributed by atoms with Gasteiger partial charge in [-0.2, -0.15) is 0 Å². The van der Waals surface area contributed by atoms with Crippen LogP contribution >= 0.6 is 0 Å². The number of aryl methyl sites for hydroxylation is 1. The van der Waals surface area contributed by atoms with E-state index in [1.54, 1.807) is 0 Å². The summed E-state index contributed by atoms with van der Waals surface area (Å²) in [5, 5.41) is 0. The third kappa shape index (κ3) is 5.83. The van der Waals surface area contributed by atoms with Crippen molar-refractivity contribution in [3.63, 3.8) is 0 Å². The minimum Gasteiger partial charge on any atom is -0.324 e. The molecule has 0 aliphatic heterocycles. The smallest absolute Gasteiger partial charge is 0.0372 e. The fraction of sp³-hybridized carbons (Fsp3) is 0.667. The molecular formula is C15H26N2. The topological polar surface area (TPSA) is 38.9 Å². The molecule has 0 aliphatic rings. The van der Waals surface area contributed by atoms with Crippen molar-refractivity contribution in [3.05, 3.63) is 29.6 Å². The van der Waals surface area contributed by atoms with Crippen LogP contribution in [0.2, 0.25) is 0 Å². The van der Waals surface area contributed by atoms with E-state index in [9.17, 15) is 0 Å². The lowest BCUT2D eigenvalue weighted by Gasteiger charge is -2.11. The van der Waals surface area contributed by atoms with Gasteiger partial charge in [0.1, 0.15) is 0 Å². The number of hydrogen-bond donors (Lipinski definition) is 1. The Hall–Kier alpha value is -0.890. The van der Waals surface area contributed by atoms with Gasteiger partial charge in [-0.25, -0.2) is 0 Å². The molecule has 0 radical (unpaired) electrons. The van der Waals surface area contributed by atoms with E-state index in [1.807, 2.05) is 19.2 Å². The van der Waals surface area contributed by atoms with E-state index < -0.39 is 0 Å². The molecule has 1 heterocycles. The minimum atomic E-state index is 0.161. The van der Waals surface area contributed by atoms with Gasteiger partial charge in [-0.15, -0.1) is 0 Å². The summed E-state index contributed by atoms with van der Waals surface area (Å²) in [5.41, 5.74) is 8.37. The summed E-state index contributed by atoms with van der Waals surface area (Å²) in [6, 6.07) is 4.30. The molecule has 2 N–H and O–H groups in total. The minimum absolute atomic E-state index is 0.161. The van der Waals surface area contributed by atoms with Crippen molar-refractivity contribution in [1.29, 1.82) is 0 Å². The zero-order valence-corrected chi connectivity index (χ0v) is 11.3. The molecule has 1 atom stereocenters. The number of nitrogens with two attached hydrogens (primary N) is 1. The summed E-state index contributed by atoms with van der Waals surface area (Å²) >= 11 is 0. The van der Waals surface area contributed by atoms with Gasteiger partial charge in [0.05, 0.1) is 0 Å². The molecule has 0 aromatic carbocycles. The van der Waals surface area contributed by atoms with Crippen molar-refractivity contribution in [2.45, 2.75) is 64.8 Å². The molecule has 1 unspecified atom stereocenters. The molecule has 1 aromatic rings. The zero-order valence-electron chi connectivity index (χ0n) is 11.3. The standard InChI is InChI=1S/C15H26N2/c1-3-4-5-6-7-8-9-15(16)14-11-10-13(2)17-12-14/h10-12,15H,3-9,16H2,1-2H3. The van der Waals surface area contributed by atoms with Gasteiger partial charge in [-0.1, -0.05) is 51.5 Å². The highest BCUT2D eigenvalue weighted by Gasteiger charge is 2.05. The van der Waals surface area contributed by atoms with Crippen LogP contribution in [-0.4, -0.2) is 4.98 Å². The average molecular weight is 234 g/mol. The van der Waals surface area contributed by atoms with Gasteiger partial charge in [0.15, 0.2) is 0 Å². The van der Waals surface area contributed by atoms with Crippen molar-refractivity contribution < 1.29 is 0 Å². The summed E-state index contributed by atoms with van der Waals surface area (Å²) in [4.78, 5) is 4.29. The Morgan fingerprint density at radius 2 is 1.82 bits per heavy atom. The van der Waals surface area contributed by atoms with Gasteiger partial charge >= 0.3 is 0 Å². The number of pyridine rings is 1. The predicted octanol–water partition coefficient (Wildman–Crippen LogP) is 4.14. The Balaban J connectivity index is 2.16. The second-order valence-electron chi connectivity index (χ2n) is 4.90.